The van der Waals surface area contributed by atoms with Crippen LogP contribution in [-0.4, -0.2) is 25.5 Å². The zero-order valence-electron chi connectivity index (χ0n) is 11.5. The Morgan fingerprint density at radius 2 is 2.10 bits per heavy atom. The molecule has 1 heterocycles. The van der Waals surface area contributed by atoms with E-state index >= 15 is 0 Å². The average Bonchev–Trinajstić information content (AvgIpc) is 2.37. The van der Waals surface area contributed by atoms with E-state index in [0.29, 0.717) is 5.75 Å². The lowest BCUT2D eigenvalue weighted by atomic mass is 10.1. The van der Waals surface area contributed by atoms with E-state index in [0.717, 1.165) is 22.2 Å². The van der Waals surface area contributed by atoms with Crippen molar-refractivity contribution in [2.45, 2.75) is 31.3 Å². The first-order valence-electron chi connectivity index (χ1n) is 6.41. The Balaban J connectivity index is 2.29. The number of fused-ring (bicyclic) bond motifs is 1. The summed E-state index contributed by atoms with van der Waals surface area (Å²) >= 11 is 0. The number of hydrogen-bond acceptors (Lipinski definition) is 3. The van der Waals surface area contributed by atoms with Crippen molar-refractivity contribution < 1.29 is 14.1 Å². The zero-order chi connectivity index (χ0) is 14.7. The summed E-state index contributed by atoms with van der Waals surface area (Å²) in [5, 5.41) is 9.39. The van der Waals surface area contributed by atoms with E-state index in [1.54, 1.807) is 6.92 Å². The summed E-state index contributed by atoms with van der Waals surface area (Å²) in [6.07, 6.45) is -0.0748. The molecule has 2 rings (SSSR count). The van der Waals surface area contributed by atoms with Crippen molar-refractivity contribution in [3.63, 3.8) is 0 Å². The topological polar surface area (TPSA) is 67.3 Å². The maximum atomic E-state index is 12.2. The number of para-hydroxylation sites is 1. The second kappa shape index (κ2) is 6.13. The number of carbonyl (C=O) groups is 1. The molecule has 106 valence electrons. The Bertz CT molecular complexity index is 669. The van der Waals surface area contributed by atoms with Gasteiger partial charge in [-0.1, -0.05) is 25.1 Å². The number of benzene rings is 1. The van der Waals surface area contributed by atoms with Crippen LogP contribution in [0.3, 0.4) is 0 Å². The van der Waals surface area contributed by atoms with Gasteiger partial charge in [0.2, 0.25) is 0 Å². The number of nitrogens with zero attached hydrogens (tertiary/aromatic N) is 1. The summed E-state index contributed by atoms with van der Waals surface area (Å²) in [5.41, 5.74) is 2.72. The van der Waals surface area contributed by atoms with Crippen LogP contribution < -0.4 is 0 Å². The van der Waals surface area contributed by atoms with Gasteiger partial charge in [-0.3, -0.25) is 14.0 Å². The molecule has 0 aliphatic rings. The van der Waals surface area contributed by atoms with Gasteiger partial charge in [-0.25, -0.2) is 0 Å². The first-order valence-corrected chi connectivity index (χ1v) is 7.80. The Kier molecular flexibility index (Phi) is 4.49. The number of aliphatic carboxylic acids is 1. The maximum absolute atomic E-state index is 12.2. The fourth-order valence-electron chi connectivity index (χ4n) is 2.15. The van der Waals surface area contributed by atoms with Gasteiger partial charge in [0.05, 0.1) is 11.9 Å². The lowest BCUT2D eigenvalue weighted by molar-refractivity contribution is -0.136. The van der Waals surface area contributed by atoms with E-state index in [2.05, 4.69) is 4.98 Å². The van der Waals surface area contributed by atoms with Crippen molar-refractivity contribution in [2.75, 3.05) is 0 Å². The van der Waals surface area contributed by atoms with Crippen LogP contribution in [0, 0.1) is 6.92 Å². The van der Waals surface area contributed by atoms with E-state index in [4.69, 9.17) is 5.11 Å². The molecule has 1 aromatic heterocycles. The first-order chi connectivity index (χ1) is 9.47. The second-order valence-corrected chi connectivity index (χ2v) is 6.73. The summed E-state index contributed by atoms with van der Waals surface area (Å²) in [7, 11) is -1.21. The lowest BCUT2D eigenvalue weighted by Gasteiger charge is -2.11. The van der Waals surface area contributed by atoms with Crippen LogP contribution in [0.4, 0.5) is 0 Å². The quantitative estimate of drug-likeness (QED) is 0.919. The van der Waals surface area contributed by atoms with Crippen LogP contribution in [0.1, 0.15) is 24.6 Å². The lowest BCUT2D eigenvalue weighted by Crippen LogP contribution is -2.17. The Labute approximate surface area is 120 Å². The van der Waals surface area contributed by atoms with Crippen LogP contribution in [0.15, 0.2) is 30.3 Å². The second-order valence-electron chi connectivity index (χ2n) is 4.87. The molecular formula is C15H17NO3S. The number of hydrogen-bond donors (Lipinski definition) is 1. The third kappa shape index (κ3) is 3.42. The minimum Gasteiger partial charge on any atom is -0.481 e. The minimum atomic E-state index is -1.21. The summed E-state index contributed by atoms with van der Waals surface area (Å²) in [6, 6.07) is 9.65. The Morgan fingerprint density at radius 1 is 1.40 bits per heavy atom. The van der Waals surface area contributed by atoms with Gasteiger partial charge in [0, 0.05) is 32.9 Å². The number of carboxylic acid groups (broad SMARTS) is 1. The highest BCUT2D eigenvalue weighted by molar-refractivity contribution is 7.84. The third-order valence-electron chi connectivity index (χ3n) is 3.14. The van der Waals surface area contributed by atoms with Gasteiger partial charge >= 0.3 is 5.97 Å². The standard InChI is InChI=1S/C15H17NO3S/c1-10-7-12(9-20(19)11(2)8-15(17)18)13-5-3-4-6-14(13)16-10/h3-7,11H,8-9H2,1-2H3,(H,17,18). The van der Waals surface area contributed by atoms with Crippen molar-refractivity contribution in [2.24, 2.45) is 0 Å². The van der Waals surface area contributed by atoms with E-state index < -0.39 is 16.8 Å². The SMILES string of the molecule is Cc1cc(CS(=O)C(C)CC(=O)O)c2ccccc2n1. The molecule has 1 aromatic carbocycles. The molecule has 0 saturated heterocycles. The van der Waals surface area contributed by atoms with E-state index in [1.807, 2.05) is 37.3 Å². The van der Waals surface area contributed by atoms with Crippen LogP contribution >= 0.6 is 0 Å². The number of aryl methyl sites for hydroxylation is 1. The van der Waals surface area contributed by atoms with Crippen LogP contribution in [0.5, 0.6) is 0 Å². The molecule has 0 aliphatic heterocycles. The van der Waals surface area contributed by atoms with Gasteiger partial charge in [-0.15, -0.1) is 0 Å². The van der Waals surface area contributed by atoms with Gasteiger partial charge in [-0.2, -0.15) is 0 Å². The van der Waals surface area contributed by atoms with Crippen molar-refractivity contribution >= 4 is 27.7 Å². The summed E-state index contributed by atoms with van der Waals surface area (Å²) < 4.78 is 12.2. The van der Waals surface area contributed by atoms with Gasteiger partial charge in [0.1, 0.15) is 0 Å². The largest absolute Gasteiger partial charge is 0.481 e. The molecule has 2 aromatic rings. The molecule has 0 bridgehead atoms. The highest BCUT2D eigenvalue weighted by Gasteiger charge is 2.16. The molecule has 4 nitrogen and oxygen atoms in total. The highest BCUT2D eigenvalue weighted by Crippen LogP contribution is 2.21. The number of carboxylic acids is 1. The zero-order valence-corrected chi connectivity index (χ0v) is 12.3. The summed E-state index contributed by atoms with van der Waals surface area (Å²) in [4.78, 5) is 15.1. The van der Waals surface area contributed by atoms with E-state index in [9.17, 15) is 9.00 Å². The average molecular weight is 291 g/mol. The Morgan fingerprint density at radius 3 is 2.80 bits per heavy atom. The minimum absolute atomic E-state index is 0.0748. The molecule has 0 radical (unpaired) electrons. The molecule has 20 heavy (non-hydrogen) atoms. The van der Waals surface area contributed by atoms with Crippen molar-refractivity contribution in [1.29, 1.82) is 0 Å². The van der Waals surface area contributed by atoms with E-state index in [1.165, 1.54) is 0 Å². The van der Waals surface area contributed by atoms with Crippen molar-refractivity contribution in [1.82, 2.24) is 4.98 Å². The molecule has 0 saturated carbocycles. The normalized spacial score (nSPS) is 14.1. The molecule has 2 unspecified atom stereocenters. The molecule has 0 fully saturated rings. The van der Waals surface area contributed by atoms with Crippen LogP contribution in [-0.2, 0) is 21.3 Å². The number of rotatable bonds is 5. The molecule has 1 N–H and O–H groups in total. The molecule has 0 spiro atoms. The van der Waals surface area contributed by atoms with Gasteiger partial charge in [0.25, 0.3) is 0 Å². The van der Waals surface area contributed by atoms with Gasteiger partial charge < -0.3 is 5.11 Å². The molecule has 0 aliphatic carbocycles. The third-order valence-corrected chi connectivity index (χ3v) is 4.80. The smallest absolute Gasteiger partial charge is 0.304 e. The monoisotopic (exact) mass is 291 g/mol. The van der Waals surface area contributed by atoms with Crippen LogP contribution in [0.2, 0.25) is 0 Å². The summed E-state index contributed by atoms with van der Waals surface area (Å²) in [6.45, 7) is 3.61. The molecule has 2 atom stereocenters. The maximum Gasteiger partial charge on any atom is 0.304 e. The predicted octanol–water partition coefficient (Wildman–Crippen LogP) is 2.66. The fraction of sp³-hybridized carbons (Fsp3) is 0.333. The Hall–Kier alpha value is -1.75. The molecule has 5 heteroatoms. The highest BCUT2D eigenvalue weighted by atomic mass is 32.2. The number of pyridine rings is 1. The molecule has 0 amide bonds. The fourth-order valence-corrected chi connectivity index (χ4v) is 3.31. The van der Waals surface area contributed by atoms with Gasteiger partial charge in [-0.05, 0) is 24.6 Å². The van der Waals surface area contributed by atoms with Crippen molar-refractivity contribution in [3.05, 3.63) is 41.6 Å². The van der Waals surface area contributed by atoms with Gasteiger partial charge in [0.15, 0.2) is 0 Å². The summed E-state index contributed by atoms with van der Waals surface area (Å²) in [5.74, 6) is -0.556. The van der Waals surface area contributed by atoms with Crippen molar-refractivity contribution in [3.8, 4) is 0 Å². The number of aromatic nitrogens is 1. The van der Waals surface area contributed by atoms with Crippen LogP contribution in [0.25, 0.3) is 10.9 Å². The predicted molar refractivity (Wildman–Crippen MR) is 80.0 cm³/mol. The molecular weight excluding hydrogens is 274 g/mol. The van der Waals surface area contributed by atoms with E-state index in [-0.39, 0.29) is 11.7 Å². The first kappa shape index (κ1) is 14.7.